The van der Waals surface area contributed by atoms with E-state index in [-0.39, 0.29) is 0 Å². The molecule has 0 radical (unpaired) electrons. The minimum Gasteiger partial charge on any atom is -0.385 e. The van der Waals surface area contributed by atoms with Crippen LogP contribution in [0.15, 0.2) is 18.2 Å². The number of hydrogen-bond donors (Lipinski definition) is 1. The standard InChI is InChI=1S/C18H29Cl2N/c1-2-3-4-5-6-7-8-9-10-11-12-21-18-14-16(19)13-17(20)15-18/h13-15,21H,2-12H2,1H3. The van der Waals surface area contributed by atoms with Crippen molar-refractivity contribution in [2.45, 2.75) is 71.1 Å². The van der Waals surface area contributed by atoms with Crippen molar-refractivity contribution in [3.8, 4) is 0 Å². The summed E-state index contributed by atoms with van der Waals surface area (Å²) in [6.07, 6.45) is 13.6. The van der Waals surface area contributed by atoms with Crippen LogP contribution in [0.4, 0.5) is 5.69 Å². The van der Waals surface area contributed by atoms with Gasteiger partial charge in [-0.25, -0.2) is 0 Å². The predicted molar refractivity (Wildman–Crippen MR) is 96.8 cm³/mol. The van der Waals surface area contributed by atoms with E-state index in [2.05, 4.69) is 12.2 Å². The normalized spacial score (nSPS) is 10.8. The van der Waals surface area contributed by atoms with Crippen molar-refractivity contribution in [2.24, 2.45) is 0 Å². The van der Waals surface area contributed by atoms with E-state index in [9.17, 15) is 0 Å². The maximum atomic E-state index is 5.97. The zero-order chi connectivity index (χ0) is 15.3. The molecule has 0 unspecified atom stereocenters. The van der Waals surface area contributed by atoms with E-state index < -0.39 is 0 Å². The van der Waals surface area contributed by atoms with Crippen LogP contribution >= 0.6 is 23.2 Å². The van der Waals surface area contributed by atoms with Gasteiger partial charge in [0.2, 0.25) is 0 Å². The fraction of sp³-hybridized carbons (Fsp3) is 0.667. The average Bonchev–Trinajstić information content (AvgIpc) is 2.44. The van der Waals surface area contributed by atoms with Crippen LogP contribution in [0.3, 0.4) is 0 Å². The minimum absolute atomic E-state index is 0.688. The van der Waals surface area contributed by atoms with Gasteiger partial charge in [-0.05, 0) is 24.6 Å². The monoisotopic (exact) mass is 329 g/mol. The van der Waals surface area contributed by atoms with Crippen LogP contribution in [0.25, 0.3) is 0 Å². The lowest BCUT2D eigenvalue weighted by Crippen LogP contribution is -2.01. The maximum absolute atomic E-state index is 5.97. The lowest BCUT2D eigenvalue weighted by Gasteiger charge is -2.07. The molecule has 0 saturated heterocycles. The number of hydrogen-bond acceptors (Lipinski definition) is 1. The Balaban J connectivity index is 1.93. The molecule has 1 rings (SSSR count). The summed E-state index contributed by atoms with van der Waals surface area (Å²) < 4.78 is 0. The van der Waals surface area contributed by atoms with E-state index in [1.54, 1.807) is 6.07 Å². The maximum Gasteiger partial charge on any atom is 0.0441 e. The molecular formula is C18H29Cl2N. The Morgan fingerprint density at radius 1 is 0.714 bits per heavy atom. The van der Waals surface area contributed by atoms with Gasteiger partial charge in [-0.2, -0.15) is 0 Å². The first kappa shape index (κ1) is 18.6. The van der Waals surface area contributed by atoms with Gasteiger partial charge in [0.25, 0.3) is 0 Å². The van der Waals surface area contributed by atoms with E-state index >= 15 is 0 Å². The predicted octanol–water partition coefficient (Wildman–Crippen LogP) is 7.33. The van der Waals surface area contributed by atoms with Crippen LogP contribution in [0.5, 0.6) is 0 Å². The number of nitrogens with one attached hydrogen (secondary N) is 1. The van der Waals surface area contributed by atoms with Crippen molar-refractivity contribution in [1.29, 1.82) is 0 Å². The molecular weight excluding hydrogens is 301 g/mol. The number of benzene rings is 1. The molecule has 1 aromatic carbocycles. The molecule has 0 atom stereocenters. The first-order valence-corrected chi connectivity index (χ1v) is 9.18. The number of unbranched alkanes of at least 4 members (excludes halogenated alkanes) is 9. The lowest BCUT2D eigenvalue weighted by atomic mass is 10.1. The van der Waals surface area contributed by atoms with Crippen molar-refractivity contribution in [3.63, 3.8) is 0 Å². The Labute approximate surface area is 140 Å². The van der Waals surface area contributed by atoms with Gasteiger partial charge < -0.3 is 5.32 Å². The molecule has 21 heavy (non-hydrogen) atoms. The molecule has 0 aliphatic carbocycles. The summed E-state index contributed by atoms with van der Waals surface area (Å²) in [4.78, 5) is 0. The van der Waals surface area contributed by atoms with Gasteiger partial charge >= 0.3 is 0 Å². The van der Waals surface area contributed by atoms with Crippen LogP contribution < -0.4 is 5.32 Å². The molecule has 120 valence electrons. The highest BCUT2D eigenvalue weighted by Crippen LogP contribution is 2.22. The third-order valence-corrected chi connectivity index (χ3v) is 4.16. The van der Waals surface area contributed by atoms with Gasteiger partial charge in [0, 0.05) is 22.3 Å². The zero-order valence-corrected chi connectivity index (χ0v) is 14.8. The van der Waals surface area contributed by atoms with Crippen molar-refractivity contribution < 1.29 is 0 Å². The summed E-state index contributed by atoms with van der Waals surface area (Å²) in [6, 6.07) is 5.60. The van der Waals surface area contributed by atoms with E-state index in [0.29, 0.717) is 10.0 Å². The quantitative estimate of drug-likeness (QED) is 0.396. The second kappa shape index (κ2) is 12.2. The molecule has 1 aromatic rings. The molecule has 0 bridgehead atoms. The van der Waals surface area contributed by atoms with Crippen molar-refractivity contribution >= 4 is 28.9 Å². The third-order valence-electron chi connectivity index (χ3n) is 3.72. The first-order valence-electron chi connectivity index (χ1n) is 8.42. The Kier molecular flexibility index (Phi) is 10.8. The number of anilines is 1. The van der Waals surface area contributed by atoms with E-state index in [4.69, 9.17) is 23.2 Å². The highest BCUT2D eigenvalue weighted by Gasteiger charge is 1.97. The lowest BCUT2D eigenvalue weighted by molar-refractivity contribution is 0.560. The summed E-state index contributed by atoms with van der Waals surface area (Å²) >= 11 is 11.9. The van der Waals surface area contributed by atoms with Crippen molar-refractivity contribution in [1.82, 2.24) is 0 Å². The van der Waals surface area contributed by atoms with Gasteiger partial charge in [-0.15, -0.1) is 0 Å². The highest BCUT2D eigenvalue weighted by atomic mass is 35.5. The second-order valence-corrected chi connectivity index (χ2v) is 6.64. The van der Waals surface area contributed by atoms with Crippen LogP contribution in [0, 0.1) is 0 Å². The summed E-state index contributed by atoms with van der Waals surface area (Å²) in [6.45, 7) is 3.26. The minimum atomic E-state index is 0.688. The zero-order valence-electron chi connectivity index (χ0n) is 13.3. The number of halogens is 2. The second-order valence-electron chi connectivity index (χ2n) is 5.77. The fourth-order valence-electron chi connectivity index (χ4n) is 2.50. The van der Waals surface area contributed by atoms with Gasteiger partial charge in [0.1, 0.15) is 0 Å². The molecule has 0 spiro atoms. The van der Waals surface area contributed by atoms with Crippen LogP contribution in [0.2, 0.25) is 10.0 Å². The molecule has 3 heteroatoms. The fourth-order valence-corrected chi connectivity index (χ4v) is 3.03. The van der Waals surface area contributed by atoms with Crippen LogP contribution in [0.1, 0.15) is 71.1 Å². The topological polar surface area (TPSA) is 12.0 Å². The number of rotatable bonds is 12. The molecule has 0 aliphatic heterocycles. The Hall–Kier alpha value is -0.400. The SMILES string of the molecule is CCCCCCCCCCCCNc1cc(Cl)cc(Cl)c1. The largest absolute Gasteiger partial charge is 0.385 e. The molecule has 1 N–H and O–H groups in total. The van der Waals surface area contributed by atoms with Gasteiger partial charge in [-0.1, -0.05) is 87.9 Å². The average molecular weight is 330 g/mol. The first-order chi connectivity index (χ1) is 10.2. The Morgan fingerprint density at radius 3 is 1.71 bits per heavy atom. The Morgan fingerprint density at radius 2 is 1.19 bits per heavy atom. The van der Waals surface area contributed by atoms with Crippen LogP contribution in [-0.4, -0.2) is 6.54 Å². The smallest absolute Gasteiger partial charge is 0.0441 e. The highest BCUT2D eigenvalue weighted by molar-refractivity contribution is 6.35. The van der Waals surface area contributed by atoms with Crippen molar-refractivity contribution in [3.05, 3.63) is 28.2 Å². The molecule has 0 amide bonds. The molecule has 1 nitrogen and oxygen atoms in total. The van der Waals surface area contributed by atoms with Crippen LogP contribution in [-0.2, 0) is 0 Å². The van der Waals surface area contributed by atoms with Gasteiger partial charge in [0.15, 0.2) is 0 Å². The summed E-state index contributed by atoms with van der Waals surface area (Å²) in [5.74, 6) is 0. The van der Waals surface area contributed by atoms with E-state index in [1.807, 2.05) is 12.1 Å². The van der Waals surface area contributed by atoms with Gasteiger partial charge in [0.05, 0.1) is 0 Å². The molecule has 0 heterocycles. The molecule has 0 aliphatic rings. The van der Waals surface area contributed by atoms with Crippen molar-refractivity contribution in [2.75, 3.05) is 11.9 Å². The molecule has 0 aromatic heterocycles. The molecule has 0 saturated carbocycles. The summed E-state index contributed by atoms with van der Waals surface area (Å²) in [7, 11) is 0. The van der Waals surface area contributed by atoms with Gasteiger partial charge in [-0.3, -0.25) is 0 Å². The summed E-state index contributed by atoms with van der Waals surface area (Å²) in [5.41, 5.74) is 1.02. The molecule has 0 fully saturated rings. The van der Waals surface area contributed by atoms with E-state index in [1.165, 1.54) is 64.2 Å². The Bertz CT molecular complexity index is 359. The summed E-state index contributed by atoms with van der Waals surface area (Å²) in [5, 5.41) is 4.76. The third kappa shape index (κ3) is 10.0. The van der Waals surface area contributed by atoms with E-state index in [0.717, 1.165) is 12.2 Å².